The van der Waals surface area contributed by atoms with Gasteiger partial charge < -0.3 is 9.88 Å². The van der Waals surface area contributed by atoms with Crippen molar-refractivity contribution in [1.29, 1.82) is 0 Å². The molecule has 26 heavy (non-hydrogen) atoms. The Labute approximate surface area is 152 Å². The van der Waals surface area contributed by atoms with E-state index in [0.717, 1.165) is 37.2 Å². The zero-order valence-corrected chi connectivity index (χ0v) is 15.5. The van der Waals surface area contributed by atoms with Crippen LogP contribution in [0, 0.1) is 5.92 Å². The van der Waals surface area contributed by atoms with Gasteiger partial charge in [0.2, 0.25) is 5.91 Å². The van der Waals surface area contributed by atoms with Crippen molar-refractivity contribution < 1.29 is 4.79 Å². The summed E-state index contributed by atoms with van der Waals surface area (Å²) in [5.74, 6) is 0.593. The van der Waals surface area contributed by atoms with E-state index >= 15 is 0 Å². The first-order valence-corrected chi connectivity index (χ1v) is 9.57. The first kappa shape index (κ1) is 15.7. The van der Waals surface area contributed by atoms with Crippen molar-refractivity contribution in [2.45, 2.75) is 46.0 Å². The monoisotopic (exact) mass is 348 g/mol. The molecule has 1 unspecified atom stereocenters. The Balaban J connectivity index is 1.72. The summed E-state index contributed by atoms with van der Waals surface area (Å²) in [4.78, 5) is 18.3. The average molecular weight is 348 g/mol. The number of carbonyl (C=O) groups is 1. The fourth-order valence-corrected chi connectivity index (χ4v) is 4.57. The van der Waals surface area contributed by atoms with Crippen LogP contribution in [0.3, 0.4) is 0 Å². The Kier molecular flexibility index (Phi) is 3.30. The summed E-state index contributed by atoms with van der Waals surface area (Å²) in [5.41, 5.74) is 8.46. The Morgan fingerprint density at radius 1 is 1.27 bits per heavy atom. The van der Waals surface area contributed by atoms with Crippen LogP contribution in [0.15, 0.2) is 18.3 Å². The molecule has 134 valence electrons. The summed E-state index contributed by atoms with van der Waals surface area (Å²) < 4.78 is 0. The van der Waals surface area contributed by atoms with Gasteiger partial charge in [-0.15, -0.1) is 0 Å². The lowest BCUT2D eigenvalue weighted by molar-refractivity contribution is -0.121. The number of carbonyl (C=O) groups excluding carboxylic acids is 1. The third-order valence-corrected chi connectivity index (χ3v) is 5.93. The highest BCUT2D eigenvalue weighted by molar-refractivity contribution is 6.02. The molecule has 2 aromatic heterocycles. The Bertz CT molecular complexity index is 1030. The van der Waals surface area contributed by atoms with E-state index in [1.165, 1.54) is 33.3 Å². The number of H-pyrrole nitrogens is 2. The van der Waals surface area contributed by atoms with Crippen LogP contribution in [-0.2, 0) is 17.6 Å². The standard InChI is InChI=1S/C21H24N4O/c1-11(2)21(26)25-10-12(3)15-7-17-16(8-18(15)25)14-6-4-5-13-9-22-24-19(13)20(14)23-17/h7-9,11-12,23H,4-6,10H2,1-3H3,(H,22,24). The summed E-state index contributed by atoms with van der Waals surface area (Å²) in [6, 6.07) is 4.50. The lowest BCUT2D eigenvalue weighted by Crippen LogP contribution is -2.33. The lowest BCUT2D eigenvalue weighted by Gasteiger charge is -2.20. The summed E-state index contributed by atoms with van der Waals surface area (Å²) in [5, 5.41) is 8.67. The number of anilines is 1. The third-order valence-electron chi connectivity index (χ3n) is 5.93. The highest BCUT2D eigenvalue weighted by Crippen LogP contribution is 2.43. The lowest BCUT2D eigenvalue weighted by atomic mass is 9.99. The minimum absolute atomic E-state index is 0.0136. The number of aryl methyl sites for hydroxylation is 2. The van der Waals surface area contributed by atoms with Gasteiger partial charge in [-0.05, 0) is 48.1 Å². The highest BCUT2D eigenvalue weighted by Gasteiger charge is 2.32. The number of nitrogens with one attached hydrogen (secondary N) is 2. The van der Waals surface area contributed by atoms with Gasteiger partial charge >= 0.3 is 0 Å². The maximum absolute atomic E-state index is 12.7. The predicted molar refractivity (Wildman–Crippen MR) is 104 cm³/mol. The molecule has 5 nitrogen and oxygen atoms in total. The van der Waals surface area contributed by atoms with Crippen LogP contribution in [-0.4, -0.2) is 27.6 Å². The van der Waals surface area contributed by atoms with Crippen molar-refractivity contribution >= 4 is 22.5 Å². The van der Waals surface area contributed by atoms with Crippen LogP contribution in [0.2, 0.25) is 0 Å². The van der Waals surface area contributed by atoms with Crippen LogP contribution in [0.5, 0.6) is 0 Å². The molecular weight excluding hydrogens is 324 g/mol. The van der Waals surface area contributed by atoms with Gasteiger partial charge in [-0.2, -0.15) is 5.10 Å². The van der Waals surface area contributed by atoms with Gasteiger partial charge in [0.05, 0.1) is 17.6 Å². The fraction of sp³-hybridized carbons (Fsp3) is 0.429. The predicted octanol–water partition coefficient (Wildman–Crippen LogP) is 4.15. The normalized spacial score (nSPS) is 18.8. The minimum atomic E-state index is 0.0136. The van der Waals surface area contributed by atoms with Gasteiger partial charge in [0.1, 0.15) is 0 Å². The van der Waals surface area contributed by atoms with Gasteiger partial charge in [0.15, 0.2) is 0 Å². The Hall–Kier alpha value is -2.56. The molecule has 0 radical (unpaired) electrons. The number of nitrogens with zero attached hydrogens (tertiary/aromatic N) is 2. The van der Waals surface area contributed by atoms with E-state index in [1.807, 2.05) is 24.9 Å². The van der Waals surface area contributed by atoms with Crippen LogP contribution >= 0.6 is 0 Å². The van der Waals surface area contributed by atoms with Gasteiger partial charge in [-0.25, -0.2) is 0 Å². The van der Waals surface area contributed by atoms with Crippen LogP contribution in [0.4, 0.5) is 5.69 Å². The van der Waals surface area contributed by atoms with Gasteiger partial charge in [-0.1, -0.05) is 20.8 Å². The van der Waals surface area contributed by atoms with E-state index in [1.54, 1.807) is 0 Å². The van der Waals surface area contributed by atoms with Crippen molar-refractivity contribution in [3.8, 4) is 11.4 Å². The van der Waals surface area contributed by atoms with Crippen molar-refractivity contribution in [1.82, 2.24) is 15.2 Å². The van der Waals surface area contributed by atoms with Gasteiger partial charge in [-0.3, -0.25) is 9.89 Å². The number of benzene rings is 1. The molecule has 0 fully saturated rings. The molecular formula is C21H24N4O. The second kappa shape index (κ2) is 5.47. The van der Waals surface area contributed by atoms with E-state index in [9.17, 15) is 4.79 Å². The van der Waals surface area contributed by atoms with E-state index < -0.39 is 0 Å². The number of amides is 1. The SMILES string of the molecule is CC(C)C(=O)N1CC(C)c2cc3[nH]c4c(c3cc21)CCCc1cn[nH]c1-4. The molecule has 3 heterocycles. The number of hydrogen-bond acceptors (Lipinski definition) is 2. The van der Waals surface area contributed by atoms with Crippen LogP contribution in [0.25, 0.3) is 22.3 Å². The summed E-state index contributed by atoms with van der Waals surface area (Å²) >= 11 is 0. The van der Waals surface area contributed by atoms with Crippen molar-refractivity contribution in [2.75, 3.05) is 11.4 Å². The number of fused-ring (bicyclic) bond motifs is 6. The van der Waals surface area contributed by atoms with Crippen molar-refractivity contribution in [2.24, 2.45) is 5.92 Å². The molecule has 1 amide bonds. The van der Waals surface area contributed by atoms with E-state index in [4.69, 9.17) is 0 Å². The second-order valence-electron chi connectivity index (χ2n) is 8.06. The Morgan fingerprint density at radius 3 is 2.92 bits per heavy atom. The molecule has 1 atom stereocenters. The molecule has 1 aliphatic carbocycles. The molecule has 0 saturated heterocycles. The zero-order valence-electron chi connectivity index (χ0n) is 15.5. The number of rotatable bonds is 1. The minimum Gasteiger partial charge on any atom is -0.353 e. The second-order valence-corrected chi connectivity index (χ2v) is 8.06. The first-order valence-electron chi connectivity index (χ1n) is 9.57. The van der Waals surface area contributed by atoms with Gasteiger partial charge in [0, 0.05) is 35.0 Å². The fourth-order valence-electron chi connectivity index (χ4n) is 4.57. The van der Waals surface area contributed by atoms with Crippen LogP contribution in [0.1, 0.15) is 49.8 Å². The maximum atomic E-state index is 12.7. The highest BCUT2D eigenvalue weighted by atomic mass is 16.2. The van der Waals surface area contributed by atoms with E-state index in [2.05, 4.69) is 34.2 Å². The molecule has 0 saturated carbocycles. The maximum Gasteiger partial charge on any atom is 0.229 e. The number of aromatic nitrogens is 3. The van der Waals surface area contributed by atoms with Crippen molar-refractivity contribution in [3.63, 3.8) is 0 Å². The molecule has 0 bridgehead atoms. The summed E-state index contributed by atoms with van der Waals surface area (Å²) in [7, 11) is 0. The molecule has 5 heteroatoms. The summed E-state index contributed by atoms with van der Waals surface area (Å²) in [6.45, 7) is 6.95. The number of hydrogen-bond donors (Lipinski definition) is 2. The molecule has 2 N–H and O–H groups in total. The van der Waals surface area contributed by atoms with Gasteiger partial charge in [0.25, 0.3) is 0 Å². The van der Waals surface area contributed by atoms with E-state index in [-0.39, 0.29) is 11.8 Å². The van der Waals surface area contributed by atoms with Crippen molar-refractivity contribution in [3.05, 3.63) is 35.0 Å². The smallest absolute Gasteiger partial charge is 0.229 e. The molecule has 5 rings (SSSR count). The molecule has 1 aromatic carbocycles. The third kappa shape index (κ3) is 2.09. The topological polar surface area (TPSA) is 64.8 Å². The zero-order chi connectivity index (χ0) is 18.0. The largest absolute Gasteiger partial charge is 0.353 e. The Morgan fingerprint density at radius 2 is 2.12 bits per heavy atom. The molecule has 3 aromatic rings. The molecule has 0 spiro atoms. The quantitative estimate of drug-likeness (QED) is 0.694. The first-order chi connectivity index (χ1) is 12.5. The molecule has 2 aliphatic rings. The average Bonchev–Trinajstić information content (AvgIpc) is 3.27. The van der Waals surface area contributed by atoms with E-state index in [0.29, 0.717) is 5.92 Å². The number of aromatic amines is 2. The van der Waals surface area contributed by atoms with Crippen LogP contribution < -0.4 is 4.90 Å². The summed E-state index contributed by atoms with van der Waals surface area (Å²) in [6.07, 6.45) is 5.16. The molecule has 1 aliphatic heterocycles.